The molecule has 0 saturated carbocycles. The normalized spacial score (nSPS) is 36.4. The summed E-state index contributed by atoms with van der Waals surface area (Å²) in [6.07, 6.45) is 0. The van der Waals surface area contributed by atoms with E-state index in [1.54, 1.807) is 0 Å². The highest BCUT2D eigenvalue weighted by molar-refractivity contribution is 8.14. The number of phosphoric acid groups is 2. The molecule has 0 bridgehead atoms. The van der Waals surface area contributed by atoms with Gasteiger partial charge in [0.25, 0.3) is 0 Å². The van der Waals surface area contributed by atoms with E-state index >= 15 is 0 Å². The molecule has 0 spiro atoms. The van der Waals surface area contributed by atoms with Crippen LogP contribution in [0.4, 0.5) is 0 Å². The summed E-state index contributed by atoms with van der Waals surface area (Å²) in [6.45, 7) is -1.35. The molecule has 84 valence electrons. The average molecular weight is 284 g/mol. The third kappa shape index (κ3) is 3.79. The Morgan fingerprint density at radius 3 is 2.14 bits per heavy atom. The van der Waals surface area contributed by atoms with Crippen LogP contribution in [-0.2, 0) is 34.1 Å². The zero-order chi connectivity index (χ0) is 11.2. The summed E-state index contributed by atoms with van der Waals surface area (Å²) in [5.74, 6) is -0.502. The number of hydrogen-bond acceptors (Lipinski definition) is 6. The summed E-state index contributed by atoms with van der Waals surface area (Å²) in [5.41, 5.74) is 0. The lowest BCUT2D eigenvalue weighted by Crippen LogP contribution is -1.88. The van der Waals surface area contributed by atoms with Crippen LogP contribution >= 0.6 is 22.1 Å². The van der Waals surface area contributed by atoms with Gasteiger partial charge in [0.15, 0.2) is 0 Å². The molecule has 3 atom stereocenters. The second kappa shape index (κ2) is 3.71. The summed E-state index contributed by atoms with van der Waals surface area (Å²) >= 11 is 4.66. The van der Waals surface area contributed by atoms with Crippen LogP contribution in [0.5, 0.6) is 0 Å². The Morgan fingerprint density at radius 2 is 1.86 bits per heavy atom. The molecule has 3 N–H and O–H groups in total. The third-order valence-corrected chi connectivity index (χ3v) is 7.69. The first-order valence-electron chi connectivity index (χ1n) is 3.13. The zero-order valence-electron chi connectivity index (χ0n) is 6.71. The van der Waals surface area contributed by atoms with Gasteiger partial charge in [0.05, 0.1) is 0 Å². The molecule has 12 heteroatoms. The molecule has 2 unspecified atom stereocenters. The number of hydrogen-bond donors (Lipinski definition) is 3. The number of rotatable bonds is 4. The molecule has 1 heterocycles. The van der Waals surface area contributed by atoms with Crippen LogP contribution in [0, 0.1) is 0 Å². The van der Waals surface area contributed by atoms with Gasteiger partial charge in [-0.05, 0) is 18.7 Å². The maximum absolute atomic E-state index is 10.9. The lowest BCUT2D eigenvalue weighted by atomic mass is 10.9. The molecule has 1 aliphatic rings. The van der Waals surface area contributed by atoms with Crippen LogP contribution < -0.4 is 0 Å². The molecule has 14 heavy (non-hydrogen) atoms. The highest BCUT2D eigenvalue weighted by Crippen LogP contribution is 2.78. The van der Waals surface area contributed by atoms with Crippen molar-refractivity contribution in [2.45, 2.75) is 12.8 Å². The van der Waals surface area contributed by atoms with Crippen LogP contribution in [0.3, 0.4) is 0 Å². The van der Waals surface area contributed by atoms with Crippen molar-refractivity contribution in [1.29, 1.82) is 0 Å². The Kier molecular flexibility index (Phi) is 3.43. The highest BCUT2D eigenvalue weighted by atomic mass is 32.5. The largest absolute Gasteiger partial charge is 0.486 e. The van der Waals surface area contributed by atoms with Crippen molar-refractivity contribution in [3.63, 3.8) is 0 Å². The Labute approximate surface area is 84.2 Å². The molecule has 0 aliphatic carbocycles. The Hall–Kier alpha value is 0.870. The van der Waals surface area contributed by atoms with Gasteiger partial charge in [0.1, 0.15) is 5.85 Å². The summed E-state index contributed by atoms with van der Waals surface area (Å²) < 4.78 is 33.7. The molecule has 0 aromatic rings. The Balaban J connectivity index is 2.65. The van der Waals surface area contributed by atoms with E-state index in [9.17, 15) is 9.13 Å². The van der Waals surface area contributed by atoms with E-state index in [0.29, 0.717) is 0 Å². The molecule has 0 amide bonds. The van der Waals surface area contributed by atoms with E-state index in [1.807, 2.05) is 0 Å². The first-order chi connectivity index (χ1) is 6.04. The molecule has 1 saturated heterocycles. The second-order valence-corrected chi connectivity index (χ2v) is 9.14. The zero-order valence-corrected chi connectivity index (χ0v) is 10.2. The van der Waals surface area contributed by atoms with Crippen LogP contribution in [0.15, 0.2) is 0 Å². The topological polar surface area (TPSA) is 126 Å². The first kappa shape index (κ1) is 12.9. The molecule has 8 nitrogen and oxygen atoms in total. The van der Waals surface area contributed by atoms with Gasteiger partial charge in [0, 0.05) is 0 Å². The Morgan fingerprint density at radius 1 is 1.43 bits per heavy atom. The molecular weight excluding hydrogens is 277 g/mol. The van der Waals surface area contributed by atoms with Crippen molar-refractivity contribution < 1.29 is 37.0 Å². The predicted molar refractivity (Wildman–Crippen MR) is 48.9 cm³/mol. The van der Waals surface area contributed by atoms with E-state index in [-0.39, 0.29) is 0 Å². The minimum absolute atomic E-state index is 0.502. The average Bonchev–Trinajstić information content (AvgIpc) is 2.28. The Bertz CT molecular complexity index is 371. The summed E-state index contributed by atoms with van der Waals surface area (Å²) in [4.78, 5) is 25.3. The molecule has 0 radical (unpaired) electrons. The molecule has 1 aliphatic heterocycles. The van der Waals surface area contributed by atoms with Gasteiger partial charge in [-0.3, -0.25) is 0 Å². The van der Waals surface area contributed by atoms with Gasteiger partial charge in [0.2, 0.25) is 6.49 Å². The minimum atomic E-state index is -5.09. The minimum Gasteiger partial charge on any atom is -0.314 e. The van der Waals surface area contributed by atoms with Crippen LogP contribution in [0.25, 0.3) is 0 Å². The van der Waals surface area contributed by atoms with Gasteiger partial charge >= 0.3 is 15.6 Å². The van der Waals surface area contributed by atoms with Gasteiger partial charge in [-0.1, -0.05) is 0 Å². The van der Waals surface area contributed by atoms with E-state index < -0.39 is 28.0 Å². The smallest absolute Gasteiger partial charge is 0.314 e. The highest BCUT2D eigenvalue weighted by Gasteiger charge is 2.52. The SMILES string of the molecule is C[C@H]1OP1(=S)OP(=O)(O)OP(=O)(O)O. The fourth-order valence-electron chi connectivity index (χ4n) is 0.564. The van der Waals surface area contributed by atoms with Crippen LogP contribution in [-0.4, -0.2) is 20.5 Å². The maximum Gasteiger partial charge on any atom is 0.486 e. The van der Waals surface area contributed by atoms with Gasteiger partial charge in [-0.15, -0.1) is 0 Å². The van der Waals surface area contributed by atoms with E-state index in [1.165, 1.54) is 6.92 Å². The molecular formula is C2H7O8P3S. The van der Waals surface area contributed by atoms with Crippen molar-refractivity contribution in [1.82, 2.24) is 0 Å². The molecule has 0 aromatic carbocycles. The van der Waals surface area contributed by atoms with E-state index in [0.717, 1.165) is 0 Å². The summed E-state index contributed by atoms with van der Waals surface area (Å²) in [5, 5.41) is 0. The van der Waals surface area contributed by atoms with Crippen LogP contribution in [0.2, 0.25) is 0 Å². The standard InChI is InChI=1S/C2H7O8P3S/c1-2-8-11(2,14)9-13(6,7)10-12(3,4)5/h2H,1H3,(H,6,7)(H2,3,4,5)/t2-,11?/m0/s1. The fraction of sp³-hybridized carbons (Fsp3) is 1.00. The second-order valence-electron chi connectivity index (χ2n) is 2.37. The van der Waals surface area contributed by atoms with Crippen molar-refractivity contribution in [2.24, 2.45) is 0 Å². The van der Waals surface area contributed by atoms with Crippen molar-refractivity contribution in [3.8, 4) is 0 Å². The fourth-order valence-corrected chi connectivity index (χ4v) is 5.83. The van der Waals surface area contributed by atoms with Crippen LogP contribution in [0.1, 0.15) is 6.92 Å². The van der Waals surface area contributed by atoms with Gasteiger partial charge in [-0.25, -0.2) is 13.4 Å². The molecule has 0 aromatic heterocycles. The monoisotopic (exact) mass is 284 g/mol. The van der Waals surface area contributed by atoms with Gasteiger partial charge in [-0.2, -0.15) is 4.31 Å². The molecule has 1 rings (SSSR count). The quantitative estimate of drug-likeness (QED) is 0.509. The molecule has 1 fully saturated rings. The lowest BCUT2D eigenvalue weighted by Gasteiger charge is -2.11. The van der Waals surface area contributed by atoms with Crippen molar-refractivity contribution >= 4 is 33.9 Å². The summed E-state index contributed by atoms with van der Waals surface area (Å²) in [6, 6.07) is 0. The first-order valence-corrected chi connectivity index (χ1v) is 8.86. The predicted octanol–water partition coefficient (Wildman–Crippen LogP) is 0.898. The maximum atomic E-state index is 10.9. The van der Waals surface area contributed by atoms with Crippen molar-refractivity contribution in [2.75, 3.05) is 0 Å². The van der Waals surface area contributed by atoms with Gasteiger partial charge < -0.3 is 19.2 Å². The van der Waals surface area contributed by atoms with E-state index in [4.69, 9.17) is 19.2 Å². The summed E-state index contributed by atoms with van der Waals surface area (Å²) in [7, 11) is -9.94. The van der Waals surface area contributed by atoms with E-state index in [2.05, 4.69) is 20.4 Å². The van der Waals surface area contributed by atoms with Crippen molar-refractivity contribution in [3.05, 3.63) is 0 Å². The lowest BCUT2D eigenvalue weighted by molar-refractivity contribution is 0.233. The third-order valence-electron chi connectivity index (χ3n) is 1.13.